The Labute approximate surface area is 193 Å². The van der Waals surface area contributed by atoms with E-state index >= 15 is 0 Å². The third kappa shape index (κ3) is 5.65. The van der Waals surface area contributed by atoms with E-state index < -0.39 is 12.0 Å². The van der Waals surface area contributed by atoms with Crippen LogP contribution in [0.15, 0.2) is 53.7 Å². The van der Waals surface area contributed by atoms with Crippen LogP contribution in [0.5, 0.6) is 0 Å². The minimum Gasteiger partial charge on any atom is -0.478 e. The molecule has 11 heteroatoms. The van der Waals surface area contributed by atoms with Gasteiger partial charge in [0.2, 0.25) is 5.91 Å². The van der Waals surface area contributed by atoms with Gasteiger partial charge >= 0.3 is 5.97 Å². The number of aromatic carboxylic acids is 1. The second-order valence-electron chi connectivity index (χ2n) is 6.80. The van der Waals surface area contributed by atoms with Crippen LogP contribution in [0.4, 0.5) is 5.69 Å². The lowest BCUT2D eigenvalue weighted by atomic mass is 10.2. The number of amides is 2. The lowest BCUT2D eigenvalue weighted by Crippen LogP contribution is -2.28. The molecule has 2 amide bonds. The van der Waals surface area contributed by atoms with E-state index in [0.29, 0.717) is 27.3 Å². The van der Waals surface area contributed by atoms with Crippen LogP contribution in [-0.2, 0) is 11.8 Å². The van der Waals surface area contributed by atoms with Crippen molar-refractivity contribution in [3.05, 3.63) is 70.5 Å². The summed E-state index contributed by atoms with van der Waals surface area (Å²) in [5.74, 6) is -1.16. The average Bonchev–Trinajstić information content (AvgIpc) is 3.13. The first-order valence-electron chi connectivity index (χ1n) is 9.47. The van der Waals surface area contributed by atoms with Gasteiger partial charge in [0.15, 0.2) is 11.0 Å². The molecule has 3 aromatic rings. The van der Waals surface area contributed by atoms with Gasteiger partial charge in [0.25, 0.3) is 5.91 Å². The number of nitrogens with zero attached hydrogens (tertiary/aromatic N) is 3. The number of carboxylic acids is 1. The van der Waals surface area contributed by atoms with Crippen LogP contribution >= 0.6 is 23.4 Å². The molecule has 3 N–H and O–H groups in total. The van der Waals surface area contributed by atoms with E-state index in [-0.39, 0.29) is 23.1 Å². The van der Waals surface area contributed by atoms with E-state index in [1.807, 2.05) is 0 Å². The highest BCUT2D eigenvalue weighted by atomic mass is 35.5. The highest BCUT2D eigenvalue weighted by Crippen LogP contribution is 2.21. The molecule has 3 rings (SSSR count). The molecule has 166 valence electrons. The molecule has 1 heterocycles. The van der Waals surface area contributed by atoms with Gasteiger partial charge in [0, 0.05) is 12.7 Å². The van der Waals surface area contributed by atoms with Crippen molar-refractivity contribution in [2.45, 2.75) is 18.1 Å². The summed E-state index contributed by atoms with van der Waals surface area (Å²) in [6.45, 7) is 1.77. The number of carbonyl (C=O) groups is 3. The molecular weight excluding hydrogens is 454 g/mol. The van der Waals surface area contributed by atoms with Crippen molar-refractivity contribution in [2.75, 3.05) is 11.1 Å². The number of rotatable bonds is 8. The maximum Gasteiger partial charge on any atom is 0.335 e. The quantitative estimate of drug-likeness (QED) is 0.428. The van der Waals surface area contributed by atoms with E-state index in [9.17, 15) is 14.4 Å². The molecule has 32 heavy (non-hydrogen) atoms. The monoisotopic (exact) mass is 473 g/mol. The lowest BCUT2D eigenvalue weighted by molar-refractivity contribution is -0.113. The van der Waals surface area contributed by atoms with Crippen molar-refractivity contribution in [3.63, 3.8) is 0 Å². The smallest absolute Gasteiger partial charge is 0.335 e. The lowest BCUT2D eigenvalue weighted by Gasteiger charge is -2.14. The predicted molar refractivity (Wildman–Crippen MR) is 121 cm³/mol. The minimum atomic E-state index is -1.07. The van der Waals surface area contributed by atoms with E-state index in [1.165, 1.54) is 23.9 Å². The number of nitrogens with one attached hydrogen (secondary N) is 2. The van der Waals surface area contributed by atoms with E-state index in [0.717, 1.165) is 0 Å². The maximum atomic E-state index is 12.5. The molecule has 0 aliphatic heterocycles. The molecule has 0 radical (unpaired) electrons. The van der Waals surface area contributed by atoms with Gasteiger partial charge in [-0.2, -0.15) is 0 Å². The standard InChI is InChI=1S/C21H20ClN5O4S/c1-12(23-19(29)15-8-3-4-9-16(15)22)18-25-26-21(27(18)2)32-11-17(28)24-14-7-5-6-13(10-14)20(30)31/h3-10,12H,11H2,1-2H3,(H,23,29)(H,24,28)(H,30,31)/t12-/m0/s1. The Morgan fingerprint density at radius 1 is 1.16 bits per heavy atom. The van der Waals surface area contributed by atoms with E-state index in [1.54, 1.807) is 54.9 Å². The van der Waals surface area contributed by atoms with Crippen molar-refractivity contribution in [2.24, 2.45) is 7.05 Å². The van der Waals surface area contributed by atoms with Crippen molar-refractivity contribution in [1.29, 1.82) is 0 Å². The fourth-order valence-corrected chi connectivity index (χ4v) is 3.81. The third-order valence-corrected chi connectivity index (χ3v) is 5.80. The molecule has 9 nitrogen and oxygen atoms in total. The number of hydrogen-bond donors (Lipinski definition) is 3. The third-order valence-electron chi connectivity index (χ3n) is 4.45. The Balaban J connectivity index is 1.59. The van der Waals surface area contributed by atoms with Gasteiger partial charge in [0.05, 0.1) is 27.9 Å². The number of hydrogen-bond acceptors (Lipinski definition) is 6. The van der Waals surface area contributed by atoms with Crippen LogP contribution in [0, 0.1) is 0 Å². The molecule has 0 aliphatic carbocycles. The van der Waals surface area contributed by atoms with Crippen LogP contribution in [0.2, 0.25) is 5.02 Å². The Morgan fingerprint density at radius 3 is 2.62 bits per heavy atom. The first kappa shape index (κ1) is 23.3. The summed E-state index contributed by atoms with van der Waals surface area (Å²) in [5.41, 5.74) is 0.840. The SMILES string of the molecule is C[C@H](NC(=O)c1ccccc1Cl)c1nnc(SCC(=O)Nc2cccc(C(=O)O)c2)n1C. The van der Waals surface area contributed by atoms with Gasteiger partial charge in [-0.25, -0.2) is 4.79 Å². The first-order chi connectivity index (χ1) is 15.3. The molecule has 2 aromatic carbocycles. The second kappa shape index (κ2) is 10.3. The zero-order valence-electron chi connectivity index (χ0n) is 17.2. The summed E-state index contributed by atoms with van der Waals surface area (Å²) in [7, 11) is 1.74. The van der Waals surface area contributed by atoms with E-state index in [2.05, 4.69) is 20.8 Å². The molecule has 0 aliphatic rings. The summed E-state index contributed by atoms with van der Waals surface area (Å²) >= 11 is 7.24. The summed E-state index contributed by atoms with van der Waals surface area (Å²) in [5, 5.41) is 23.6. The van der Waals surface area contributed by atoms with Gasteiger partial charge in [-0.1, -0.05) is 41.6 Å². The second-order valence-corrected chi connectivity index (χ2v) is 8.15. The van der Waals surface area contributed by atoms with Crippen molar-refractivity contribution >= 4 is 46.8 Å². The van der Waals surface area contributed by atoms with Gasteiger partial charge < -0.3 is 20.3 Å². The Morgan fingerprint density at radius 2 is 1.91 bits per heavy atom. The van der Waals surface area contributed by atoms with E-state index in [4.69, 9.17) is 16.7 Å². The number of thioether (sulfide) groups is 1. The molecule has 0 spiro atoms. The predicted octanol–water partition coefficient (Wildman–Crippen LogP) is 3.39. The summed E-state index contributed by atoms with van der Waals surface area (Å²) in [4.78, 5) is 35.8. The van der Waals surface area contributed by atoms with Crippen LogP contribution in [0.1, 0.15) is 39.5 Å². The highest BCUT2D eigenvalue weighted by molar-refractivity contribution is 7.99. The highest BCUT2D eigenvalue weighted by Gasteiger charge is 2.20. The Hall–Kier alpha value is -3.37. The Kier molecular flexibility index (Phi) is 7.49. The normalized spacial score (nSPS) is 11.6. The number of halogens is 1. The zero-order valence-corrected chi connectivity index (χ0v) is 18.8. The topological polar surface area (TPSA) is 126 Å². The fraction of sp³-hybridized carbons (Fsp3) is 0.190. The number of anilines is 1. The zero-order chi connectivity index (χ0) is 23.3. The van der Waals surface area contributed by atoms with Crippen molar-refractivity contribution < 1.29 is 19.5 Å². The summed E-state index contributed by atoms with van der Waals surface area (Å²) in [6.07, 6.45) is 0. The molecule has 0 saturated carbocycles. The molecule has 0 unspecified atom stereocenters. The summed E-state index contributed by atoms with van der Waals surface area (Å²) in [6, 6.07) is 12.3. The van der Waals surface area contributed by atoms with Crippen molar-refractivity contribution in [3.8, 4) is 0 Å². The van der Waals surface area contributed by atoms with Crippen LogP contribution in [0.25, 0.3) is 0 Å². The molecular formula is C21H20ClN5O4S. The van der Waals surface area contributed by atoms with Crippen LogP contribution < -0.4 is 10.6 Å². The molecule has 1 atom stereocenters. The van der Waals surface area contributed by atoms with Gasteiger partial charge in [0.1, 0.15) is 0 Å². The van der Waals surface area contributed by atoms with Crippen LogP contribution in [-0.4, -0.2) is 43.4 Å². The summed E-state index contributed by atoms with van der Waals surface area (Å²) < 4.78 is 1.69. The molecule has 0 saturated heterocycles. The first-order valence-corrected chi connectivity index (χ1v) is 10.8. The number of carbonyl (C=O) groups excluding carboxylic acids is 2. The number of aromatic nitrogens is 3. The average molecular weight is 474 g/mol. The van der Waals surface area contributed by atoms with Gasteiger partial charge in [-0.15, -0.1) is 10.2 Å². The largest absolute Gasteiger partial charge is 0.478 e. The van der Waals surface area contributed by atoms with Gasteiger partial charge in [-0.3, -0.25) is 9.59 Å². The van der Waals surface area contributed by atoms with Gasteiger partial charge in [-0.05, 0) is 37.3 Å². The molecule has 1 aromatic heterocycles. The Bertz CT molecular complexity index is 1170. The molecule has 0 bridgehead atoms. The number of benzene rings is 2. The minimum absolute atomic E-state index is 0.0453. The van der Waals surface area contributed by atoms with Crippen molar-refractivity contribution in [1.82, 2.24) is 20.1 Å². The fourth-order valence-electron chi connectivity index (χ4n) is 2.87. The molecule has 0 fully saturated rings. The maximum absolute atomic E-state index is 12.5. The number of carboxylic acid groups (broad SMARTS) is 1. The van der Waals surface area contributed by atoms with Crippen LogP contribution in [0.3, 0.4) is 0 Å².